The lowest BCUT2D eigenvalue weighted by molar-refractivity contribution is 1.74. The Bertz CT molecular complexity index is 1720. The minimum Gasteiger partial charge on any atom is -0.131 e. The van der Waals surface area contributed by atoms with Crippen molar-refractivity contribution in [2.45, 2.75) is 0 Å². The summed E-state index contributed by atoms with van der Waals surface area (Å²) in [6, 6.07) is 56.3. The van der Waals surface area contributed by atoms with Gasteiger partial charge in [-0.2, -0.15) is 0 Å². The third-order valence-corrected chi connectivity index (χ3v) is 9.73. The molecule has 0 saturated carbocycles. The van der Waals surface area contributed by atoms with Crippen LogP contribution in [0.1, 0.15) is 0 Å². The molecule has 0 fully saturated rings. The van der Waals surface area contributed by atoms with E-state index in [2.05, 4.69) is 174 Å². The molecule has 7 aromatic carbocycles. The highest BCUT2D eigenvalue weighted by Crippen LogP contribution is 2.32. The number of hydrogen-bond donors (Lipinski definition) is 0. The van der Waals surface area contributed by atoms with Crippen molar-refractivity contribution in [3.05, 3.63) is 158 Å². The standard InChI is InChI=1S/C18H15P.C18H11.Al/c1-4-10-16(11-5-1)19(17-12-6-2-7-13-17)18-14-8-3-9-15-18;1-2-7-15-12-18-16(11-14(15)6-1)10-9-13-5-3-4-8-17(13)18;/h1-15H;1-7,9-12H;. The van der Waals surface area contributed by atoms with E-state index in [9.17, 15) is 0 Å². The monoisotopic (exact) mass is 516 g/mol. The van der Waals surface area contributed by atoms with Crippen LogP contribution >= 0.6 is 7.92 Å². The molecular weight excluding hydrogens is 490 g/mol. The molecule has 0 saturated heterocycles. The third-order valence-electron chi connectivity index (χ3n) is 6.80. The number of rotatable bonds is 3. The normalized spacial score (nSPS) is 11.0. The van der Waals surface area contributed by atoms with Crippen LogP contribution in [0.5, 0.6) is 0 Å². The molecule has 0 atom stereocenters. The van der Waals surface area contributed by atoms with Gasteiger partial charge in [-0.15, -0.1) is 4.43 Å². The molecule has 178 valence electrons. The van der Waals surface area contributed by atoms with Crippen molar-refractivity contribution in [2.24, 2.45) is 0 Å². The van der Waals surface area contributed by atoms with E-state index in [0.29, 0.717) is 0 Å². The van der Waals surface area contributed by atoms with E-state index in [0.717, 1.165) is 0 Å². The summed E-state index contributed by atoms with van der Waals surface area (Å²) in [6.45, 7) is 0. The molecule has 0 spiro atoms. The fourth-order valence-electron chi connectivity index (χ4n) is 5.01. The van der Waals surface area contributed by atoms with Crippen LogP contribution in [0.3, 0.4) is 0 Å². The maximum Gasteiger partial charge on any atom is 0.176 e. The largest absolute Gasteiger partial charge is 0.176 e. The topological polar surface area (TPSA) is 0 Å². The molecule has 0 bridgehead atoms. The average Bonchev–Trinajstić information content (AvgIpc) is 2.98. The highest BCUT2D eigenvalue weighted by molar-refractivity contribution is 7.79. The van der Waals surface area contributed by atoms with Crippen molar-refractivity contribution in [1.82, 2.24) is 0 Å². The number of benzene rings is 7. The number of fused-ring (bicyclic) bond motifs is 4. The summed E-state index contributed by atoms with van der Waals surface area (Å²) in [7, 11) is -0.446. The molecule has 38 heavy (non-hydrogen) atoms. The van der Waals surface area contributed by atoms with Crippen molar-refractivity contribution in [1.29, 1.82) is 0 Å². The van der Waals surface area contributed by atoms with Crippen LogP contribution in [-0.2, 0) is 0 Å². The molecule has 0 unspecified atom stereocenters. The Hall–Kier alpha value is -3.72. The Morgan fingerprint density at radius 1 is 0.368 bits per heavy atom. The molecule has 0 aliphatic heterocycles. The molecule has 2 heteroatoms. The first-order chi connectivity index (χ1) is 18.8. The second-order valence-electron chi connectivity index (χ2n) is 9.27. The Morgan fingerprint density at radius 3 is 1.37 bits per heavy atom. The van der Waals surface area contributed by atoms with Crippen molar-refractivity contribution in [3.8, 4) is 0 Å². The first-order valence-electron chi connectivity index (χ1n) is 12.8. The Labute approximate surface area is 233 Å². The van der Waals surface area contributed by atoms with Gasteiger partial charge in [0.25, 0.3) is 0 Å². The van der Waals surface area contributed by atoms with Crippen LogP contribution in [0.15, 0.2) is 158 Å². The second kappa shape index (κ2) is 11.3. The molecule has 0 aliphatic carbocycles. The molecule has 0 amide bonds. The molecule has 0 aromatic heterocycles. The minimum absolute atomic E-state index is 0.446. The molecule has 7 aromatic rings. The van der Waals surface area contributed by atoms with Crippen LogP contribution in [0, 0.1) is 0 Å². The fourth-order valence-corrected chi connectivity index (χ4v) is 7.75. The third kappa shape index (κ3) is 5.16. The van der Waals surface area contributed by atoms with Crippen molar-refractivity contribution in [3.63, 3.8) is 0 Å². The van der Waals surface area contributed by atoms with Gasteiger partial charge in [0, 0.05) is 0 Å². The summed E-state index contributed by atoms with van der Waals surface area (Å²) in [5.41, 5.74) is 0. The van der Waals surface area contributed by atoms with Crippen LogP contribution in [0.2, 0.25) is 0 Å². The lowest BCUT2D eigenvalue weighted by Crippen LogP contribution is -2.20. The highest BCUT2D eigenvalue weighted by Gasteiger charge is 2.15. The molecule has 0 nitrogen and oxygen atoms in total. The van der Waals surface area contributed by atoms with Gasteiger partial charge >= 0.3 is 0 Å². The van der Waals surface area contributed by atoms with Gasteiger partial charge in [-0.05, 0) is 68.3 Å². The summed E-state index contributed by atoms with van der Waals surface area (Å²) < 4.78 is 1.26. The summed E-state index contributed by atoms with van der Waals surface area (Å²) in [5.74, 6) is 0. The van der Waals surface area contributed by atoms with Gasteiger partial charge in [0.15, 0.2) is 16.3 Å². The second-order valence-corrected chi connectivity index (χ2v) is 12.1. The zero-order valence-corrected chi connectivity index (χ0v) is 23.1. The maximum atomic E-state index is 2.85. The Balaban J connectivity index is 0.000000139. The van der Waals surface area contributed by atoms with E-state index < -0.39 is 7.92 Å². The molecule has 2 radical (unpaired) electrons. The Morgan fingerprint density at radius 2 is 0.816 bits per heavy atom. The van der Waals surface area contributed by atoms with E-state index in [-0.39, 0.29) is 0 Å². The van der Waals surface area contributed by atoms with Crippen molar-refractivity contribution >= 4 is 76.9 Å². The van der Waals surface area contributed by atoms with E-state index in [4.69, 9.17) is 0 Å². The molecule has 0 aliphatic rings. The highest BCUT2D eigenvalue weighted by atomic mass is 31.1. The van der Waals surface area contributed by atoms with Crippen LogP contribution in [0.4, 0.5) is 0 Å². The molecular formula is C36H26AlP. The van der Waals surface area contributed by atoms with Gasteiger partial charge < -0.3 is 0 Å². The SMILES string of the molecule is [Al][c]1cccc2ccc3cc4ccccc4cc3c12.c1ccc(P(c2ccccc2)c2ccccc2)cc1. The van der Waals surface area contributed by atoms with E-state index in [1.807, 2.05) is 0 Å². The predicted octanol–water partition coefficient (Wildman–Crippen LogP) is 7.38. The van der Waals surface area contributed by atoms with Gasteiger partial charge in [-0.25, -0.2) is 0 Å². The van der Waals surface area contributed by atoms with E-state index in [1.165, 1.54) is 52.7 Å². The van der Waals surface area contributed by atoms with Crippen molar-refractivity contribution < 1.29 is 0 Å². The van der Waals surface area contributed by atoms with Gasteiger partial charge in [0.1, 0.15) is 0 Å². The molecule has 0 heterocycles. The summed E-state index contributed by atoms with van der Waals surface area (Å²) in [4.78, 5) is 0. The average molecular weight is 517 g/mol. The molecule has 0 N–H and O–H groups in total. The zero-order valence-electron chi connectivity index (χ0n) is 21.0. The maximum absolute atomic E-state index is 2.85. The van der Waals surface area contributed by atoms with Gasteiger partial charge in [0.05, 0.1) is 0 Å². The van der Waals surface area contributed by atoms with Crippen molar-refractivity contribution in [2.75, 3.05) is 0 Å². The van der Waals surface area contributed by atoms with Gasteiger partial charge in [-0.3, -0.25) is 0 Å². The first kappa shape index (κ1) is 24.6. The fraction of sp³-hybridized carbons (Fsp3) is 0. The quantitative estimate of drug-likeness (QED) is 0.0995. The van der Waals surface area contributed by atoms with E-state index in [1.54, 1.807) is 0 Å². The van der Waals surface area contributed by atoms with Gasteiger partial charge in [-0.1, -0.05) is 146 Å². The lowest BCUT2D eigenvalue weighted by Gasteiger charge is -2.18. The van der Waals surface area contributed by atoms with Crippen LogP contribution in [0.25, 0.3) is 32.3 Å². The predicted molar refractivity (Wildman–Crippen MR) is 169 cm³/mol. The minimum atomic E-state index is -0.446. The first-order valence-corrected chi connectivity index (χ1v) is 14.7. The summed E-state index contributed by atoms with van der Waals surface area (Å²) in [6.07, 6.45) is 0. The van der Waals surface area contributed by atoms with E-state index >= 15 is 0 Å². The summed E-state index contributed by atoms with van der Waals surface area (Å²) in [5, 5.41) is 12.1. The zero-order chi connectivity index (χ0) is 25.7. The smallest absolute Gasteiger partial charge is 0.131 e. The lowest BCUT2D eigenvalue weighted by atomic mass is 9.98. The Kier molecular flexibility index (Phi) is 7.35. The van der Waals surface area contributed by atoms with Gasteiger partial charge in [0.2, 0.25) is 0 Å². The summed E-state index contributed by atoms with van der Waals surface area (Å²) >= 11 is 2.85. The number of hydrogen-bond acceptors (Lipinski definition) is 0. The van der Waals surface area contributed by atoms with Crippen LogP contribution < -0.4 is 20.3 Å². The molecule has 7 rings (SSSR count). The van der Waals surface area contributed by atoms with Crippen LogP contribution in [-0.4, -0.2) is 16.3 Å².